The zero-order chi connectivity index (χ0) is 23.7. The summed E-state index contributed by atoms with van der Waals surface area (Å²) in [6.45, 7) is 4.49. The first kappa shape index (κ1) is 24.7. The first-order valence-corrected chi connectivity index (χ1v) is 10.1. The highest BCUT2D eigenvalue weighted by Gasteiger charge is 2.18. The maximum absolute atomic E-state index is 12.6. The lowest BCUT2D eigenvalue weighted by Crippen LogP contribution is -2.48. The smallest absolute Gasteiger partial charge is 0.269 e. The summed E-state index contributed by atoms with van der Waals surface area (Å²) in [6.07, 6.45) is 0. The van der Waals surface area contributed by atoms with Crippen LogP contribution in [0.15, 0.2) is 36.4 Å². The van der Waals surface area contributed by atoms with Crippen molar-refractivity contribution in [2.45, 2.75) is 13.8 Å². The van der Waals surface area contributed by atoms with Crippen LogP contribution in [0.2, 0.25) is 0 Å². The average molecular weight is 462 g/mol. The van der Waals surface area contributed by atoms with Crippen LogP contribution in [0.25, 0.3) is 0 Å². The summed E-state index contributed by atoms with van der Waals surface area (Å²) in [5, 5.41) is 2.42. The zero-order valence-corrected chi connectivity index (χ0v) is 19.4. The fraction of sp³-hybridized carbons (Fsp3) is 0.318. The van der Waals surface area contributed by atoms with Gasteiger partial charge in [-0.25, -0.2) is 0 Å². The van der Waals surface area contributed by atoms with Crippen molar-refractivity contribution in [3.8, 4) is 23.0 Å². The van der Waals surface area contributed by atoms with Crippen molar-refractivity contribution >= 4 is 29.1 Å². The molecule has 2 rings (SSSR count). The second-order valence-electron chi connectivity index (χ2n) is 6.98. The Morgan fingerprint density at radius 2 is 1.53 bits per heavy atom. The van der Waals surface area contributed by atoms with Gasteiger partial charge in [-0.1, -0.05) is 26.0 Å². The number of hydrogen-bond donors (Lipinski definition) is 3. The predicted octanol–water partition coefficient (Wildman–Crippen LogP) is 2.70. The van der Waals surface area contributed by atoms with Crippen LogP contribution in [0.5, 0.6) is 23.0 Å². The quantitative estimate of drug-likeness (QED) is 0.407. The third kappa shape index (κ3) is 6.48. The van der Waals surface area contributed by atoms with Crippen LogP contribution < -0.4 is 35.1 Å². The van der Waals surface area contributed by atoms with E-state index < -0.39 is 11.8 Å². The summed E-state index contributed by atoms with van der Waals surface area (Å²) < 4.78 is 21.4. The molecule has 172 valence electrons. The standard InChI is InChI=1S/C22H27N3O6S/c1-13(2)12-31-16-9-7-6-8-15(16)21(27)23-22(32)25-24-20(26)14-10-17(28-3)19(30-5)18(11-14)29-4/h6-11,13H,12H2,1-5H3,(H,24,26)(H2,23,25,27,32). The molecule has 0 spiro atoms. The van der Waals surface area contributed by atoms with Gasteiger partial charge in [-0.2, -0.15) is 0 Å². The van der Waals surface area contributed by atoms with Gasteiger partial charge in [0.05, 0.1) is 33.5 Å². The van der Waals surface area contributed by atoms with Crippen molar-refractivity contribution < 1.29 is 28.5 Å². The minimum absolute atomic E-state index is 0.0885. The molecular weight excluding hydrogens is 434 g/mol. The Labute approximate surface area is 192 Å². The third-order valence-electron chi connectivity index (χ3n) is 4.15. The van der Waals surface area contributed by atoms with Crippen LogP contribution in [0.4, 0.5) is 0 Å². The zero-order valence-electron chi connectivity index (χ0n) is 18.6. The third-order valence-corrected chi connectivity index (χ3v) is 4.35. The van der Waals surface area contributed by atoms with Crippen molar-refractivity contribution in [2.24, 2.45) is 5.92 Å². The van der Waals surface area contributed by atoms with Gasteiger partial charge in [0, 0.05) is 5.56 Å². The molecule has 10 heteroatoms. The van der Waals surface area contributed by atoms with Gasteiger partial charge in [-0.3, -0.25) is 25.8 Å². The number of hydrazine groups is 1. The number of methoxy groups -OCH3 is 3. The van der Waals surface area contributed by atoms with Gasteiger partial charge in [0.15, 0.2) is 16.6 Å². The maximum atomic E-state index is 12.6. The normalized spacial score (nSPS) is 10.2. The molecule has 0 aromatic heterocycles. The van der Waals surface area contributed by atoms with E-state index in [0.717, 1.165) is 0 Å². The average Bonchev–Trinajstić information content (AvgIpc) is 2.80. The number of carbonyl (C=O) groups excluding carboxylic acids is 2. The second kappa shape index (κ2) is 11.8. The molecule has 32 heavy (non-hydrogen) atoms. The minimum Gasteiger partial charge on any atom is -0.493 e. The van der Waals surface area contributed by atoms with E-state index in [9.17, 15) is 9.59 Å². The topological polar surface area (TPSA) is 107 Å². The minimum atomic E-state index is -0.526. The van der Waals surface area contributed by atoms with Gasteiger partial charge >= 0.3 is 0 Å². The maximum Gasteiger partial charge on any atom is 0.269 e. The monoisotopic (exact) mass is 461 g/mol. The Hall–Kier alpha value is -3.53. The van der Waals surface area contributed by atoms with Gasteiger partial charge in [-0.15, -0.1) is 0 Å². The lowest BCUT2D eigenvalue weighted by atomic mass is 10.1. The summed E-state index contributed by atoms with van der Waals surface area (Å²) >= 11 is 5.12. The van der Waals surface area contributed by atoms with Gasteiger partial charge in [0.25, 0.3) is 11.8 Å². The van der Waals surface area contributed by atoms with Crippen molar-refractivity contribution in [2.75, 3.05) is 27.9 Å². The van der Waals surface area contributed by atoms with Crippen LogP contribution in [0, 0.1) is 5.92 Å². The summed E-state index contributed by atoms with van der Waals surface area (Å²) in [5.41, 5.74) is 5.48. The molecule has 0 saturated heterocycles. The lowest BCUT2D eigenvalue weighted by Gasteiger charge is -2.15. The van der Waals surface area contributed by atoms with Gasteiger partial charge in [-0.05, 0) is 42.4 Å². The molecule has 2 aromatic rings. The molecule has 0 heterocycles. The summed E-state index contributed by atoms with van der Waals surface area (Å²) in [7, 11) is 4.37. The molecule has 0 aliphatic rings. The molecule has 2 aromatic carbocycles. The van der Waals surface area contributed by atoms with Crippen molar-refractivity contribution in [3.05, 3.63) is 47.5 Å². The molecule has 0 fully saturated rings. The molecule has 0 unspecified atom stereocenters. The highest BCUT2D eigenvalue weighted by molar-refractivity contribution is 7.80. The number of carbonyl (C=O) groups is 2. The van der Waals surface area contributed by atoms with Gasteiger partial charge in [0.1, 0.15) is 5.75 Å². The molecule has 2 amide bonds. The second-order valence-corrected chi connectivity index (χ2v) is 7.39. The summed E-state index contributed by atoms with van der Waals surface area (Å²) in [6, 6.07) is 9.81. The highest BCUT2D eigenvalue weighted by atomic mass is 32.1. The van der Waals surface area contributed by atoms with Crippen LogP contribution in [0.1, 0.15) is 34.6 Å². The molecule has 3 N–H and O–H groups in total. The van der Waals surface area contributed by atoms with E-state index in [1.807, 2.05) is 13.8 Å². The Bertz CT molecular complexity index is 955. The molecule has 0 aliphatic carbocycles. The lowest BCUT2D eigenvalue weighted by molar-refractivity contribution is 0.0933. The van der Waals surface area contributed by atoms with Crippen molar-refractivity contribution in [3.63, 3.8) is 0 Å². The van der Waals surface area contributed by atoms with E-state index in [0.29, 0.717) is 41.1 Å². The summed E-state index contributed by atoms with van der Waals surface area (Å²) in [4.78, 5) is 25.1. The Morgan fingerprint density at radius 1 is 0.906 bits per heavy atom. The largest absolute Gasteiger partial charge is 0.493 e. The van der Waals surface area contributed by atoms with Crippen molar-refractivity contribution in [1.82, 2.24) is 16.2 Å². The van der Waals surface area contributed by atoms with Gasteiger partial charge < -0.3 is 18.9 Å². The van der Waals surface area contributed by atoms with Crippen LogP contribution >= 0.6 is 12.2 Å². The van der Waals surface area contributed by atoms with E-state index in [-0.39, 0.29) is 10.7 Å². The Morgan fingerprint density at radius 3 is 2.09 bits per heavy atom. The number of nitrogens with one attached hydrogen (secondary N) is 3. The number of thiocarbonyl (C=S) groups is 1. The molecular formula is C22H27N3O6S. The Balaban J connectivity index is 2.02. The highest BCUT2D eigenvalue weighted by Crippen LogP contribution is 2.38. The fourth-order valence-electron chi connectivity index (χ4n) is 2.64. The molecule has 0 saturated carbocycles. The molecule has 0 aliphatic heterocycles. The van der Waals surface area contributed by atoms with Crippen LogP contribution in [-0.2, 0) is 0 Å². The number of rotatable bonds is 8. The SMILES string of the molecule is COc1cc(C(=O)NNC(=S)NC(=O)c2ccccc2OCC(C)C)cc(OC)c1OC. The van der Waals surface area contributed by atoms with Crippen molar-refractivity contribution in [1.29, 1.82) is 0 Å². The van der Waals surface area contributed by atoms with E-state index in [2.05, 4.69) is 16.2 Å². The molecule has 0 radical (unpaired) electrons. The van der Waals surface area contributed by atoms with E-state index in [4.69, 9.17) is 31.2 Å². The number of hydrogen-bond acceptors (Lipinski definition) is 7. The number of amides is 2. The first-order valence-electron chi connectivity index (χ1n) is 9.74. The Kier molecular flexibility index (Phi) is 9.08. The van der Waals surface area contributed by atoms with Gasteiger partial charge in [0.2, 0.25) is 5.75 Å². The fourth-order valence-corrected chi connectivity index (χ4v) is 2.78. The summed E-state index contributed by atoms with van der Waals surface area (Å²) in [5.74, 6) is 0.769. The molecule has 9 nitrogen and oxygen atoms in total. The molecule has 0 bridgehead atoms. The predicted molar refractivity (Wildman–Crippen MR) is 124 cm³/mol. The number of para-hydroxylation sites is 1. The van der Waals surface area contributed by atoms with E-state index in [1.54, 1.807) is 24.3 Å². The first-order chi connectivity index (χ1) is 15.3. The number of benzene rings is 2. The van der Waals surface area contributed by atoms with E-state index >= 15 is 0 Å². The van der Waals surface area contributed by atoms with Crippen LogP contribution in [-0.4, -0.2) is 44.9 Å². The van der Waals surface area contributed by atoms with E-state index in [1.165, 1.54) is 33.5 Å². The van der Waals surface area contributed by atoms with Crippen LogP contribution in [0.3, 0.4) is 0 Å². The molecule has 0 atom stereocenters. The number of ether oxygens (including phenoxy) is 4.